The standard InChI is InChI=1S/C54H50P4/c1-2-3-44-53(55(45-28-12-4-13-29-45)46-30-14-5-15-31-46)54(56(47-32-16-6-17-33-47)48-34-18-7-19-35-48,57(49-36-20-8-21-37-49)50-38-22-9-23-39-50)58(51-40-24-10-25-41-51)52-42-26-11-27-43-52/h4-43,53H,2-3,44H2,1H3. The zero-order valence-corrected chi connectivity index (χ0v) is 36.7. The summed E-state index contributed by atoms with van der Waals surface area (Å²) in [6.45, 7) is 2.39. The molecule has 8 aromatic rings. The summed E-state index contributed by atoms with van der Waals surface area (Å²) < 4.78 is -0.305. The fourth-order valence-corrected chi connectivity index (χ4v) is 27.1. The van der Waals surface area contributed by atoms with Gasteiger partial charge in [0, 0.05) is 5.66 Å². The van der Waals surface area contributed by atoms with Crippen LogP contribution in [0, 0.1) is 0 Å². The third-order valence-electron chi connectivity index (χ3n) is 10.7. The summed E-state index contributed by atoms with van der Waals surface area (Å²) >= 11 is 0. The van der Waals surface area contributed by atoms with Crippen molar-refractivity contribution in [3.63, 3.8) is 0 Å². The van der Waals surface area contributed by atoms with Crippen LogP contribution in [0.5, 0.6) is 0 Å². The molecule has 0 aromatic heterocycles. The molecule has 0 fully saturated rings. The monoisotopic (exact) mass is 822 g/mol. The molecular formula is C54H50P4. The van der Waals surface area contributed by atoms with Crippen molar-refractivity contribution in [2.24, 2.45) is 0 Å². The summed E-state index contributed by atoms with van der Waals surface area (Å²) in [7, 11) is -4.11. The third kappa shape index (κ3) is 8.60. The number of benzene rings is 8. The minimum absolute atomic E-state index is 0.275. The van der Waals surface area contributed by atoms with Crippen molar-refractivity contribution in [3.8, 4) is 0 Å². The zero-order chi connectivity index (χ0) is 39.4. The molecule has 0 nitrogen and oxygen atoms in total. The number of unbranched alkanes of at least 4 members (excludes halogenated alkanes) is 1. The molecule has 0 bridgehead atoms. The van der Waals surface area contributed by atoms with Crippen LogP contribution in [-0.2, 0) is 0 Å². The van der Waals surface area contributed by atoms with Crippen molar-refractivity contribution in [1.29, 1.82) is 0 Å². The maximum absolute atomic E-state index is 2.46. The fraction of sp³-hybridized carbons (Fsp3) is 0.111. The Morgan fingerprint density at radius 3 is 0.724 bits per heavy atom. The van der Waals surface area contributed by atoms with Gasteiger partial charge in [-0.25, -0.2) is 0 Å². The van der Waals surface area contributed by atoms with Gasteiger partial charge in [0.15, 0.2) is 0 Å². The van der Waals surface area contributed by atoms with Crippen LogP contribution in [0.15, 0.2) is 243 Å². The summed E-state index contributed by atoms with van der Waals surface area (Å²) in [5.74, 6) is 0. The van der Waals surface area contributed by atoms with E-state index in [9.17, 15) is 0 Å². The molecule has 1 atom stereocenters. The molecule has 286 valence electrons. The molecule has 4 heteroatoms. The lowest BCUT2D eigenvalue weighted by Gasteiger charge is -2.58. The second-order valence-corrected chi connectivity index (χ2v) is 25.1. The Labute approximate surface area is 351 Å². The van der Waals surface area contributed by atoms with E-state index in [1.807, 2.05) is 0 Å². The number of hydrogen-bond acceptors (Lipinski definition) is 0. The smallest absolute Gasteiger partial charge is 0.0618 e. The SMILES string of the molecule is CCCCC(P(c1ccccc1)c1ccccc1)C(P(c1ccccc1)c1ccccc1)(P(c1ccccc1)c1ccccc1)P(c1ccccc1)c1ccccc1. The van der Waals surface area contributed by atoms with Crippen molar-refractivity contribution in [3.05, 3.63) is 243 Å². The maximum atomic E-state index is 2.46. The van der Waals surface area contributed by atoms with Gasteiger partial charge in [-0.3, -0.25) is 0 Å². The number of hydrogen-bond donors (Lipinski definition) is 0. The van der Waals surface area contributed by atoms with E-state index in [0.29, 0.717) is 0 Å². The first-order valence-electron chi connectivity index (χ1n) is 20.4. The van der Waals surface area contributed by atoms with Gasteiger partial charge in [-0.2, -0.15) is 0 Å². The quantitative estimate of drug-likeness (QED) is 0.0852. The van der Waals surface area contributed by atoms with E-state index >= 15 is 0 Å². The molecule has 8 rings (SSSR count). The van der Waals surface area contributed by atoms with Crippen molar-refractivity contribution in [2.45, 2.75) is 36.5 Å². The molecule has 0 saturated heterocycles. The Morgan fingerprint density at radius 1 is 0.310 bits per heavy atom. The van der Waals surface area contributed by atoms with Gasteiger partial charge < -0.3 is 0 Å². The zero-order valence-electron chi connectivity index (χ0n) is 33.1. The highest BCUT2D eigenvalue weighted by Gasteiger charge is 2.60. The highest BCUT2D eigenvalue weighted by Crippen LogP contribution is 2.83. The summed E-state index contributed by atoms with van der Waals surface area (Å²) in [6, 6.07) is 93.5. The second-order valence-electron chi connectivity index (χ2n) is 14.4. The lowest BCUT2D eigenvalue weighted by atomic mass is 10.2. The van der Waals surface area contributed by atoms with E-state index < -0.39 is 31.7 Å². The van der Waals surface area contributed by atoms with Crippen LogP contribution >= 0.6 is 31.7 Å². The van der Waals surface area contributed by atoms with Crippen LogP contribution in [0.1, 0.15) is 26.2 Å². The van der Waals surface area contributed by atoms with Crippen molar-refractivity contribution >= 4 is 74.1 Å². The first kappa shape index (κ1) is 40.3. The summed E-state index contributed by atoms with van der Waals surface area (Å²) in [5.41, 5.74) is 0.275. The van der Waals surface area contributed by atoms with Crippen molar-refractivity contribution in [2.75, 3.05) is 0 Å². The first-order chi connectivity index (χ1) is 28.8. The summed E-state index contributed by atoms with van der Waals surface area (Å²) in [5, 5.41) is 11.6. The molecule has 0 N–H and O–H groups in total. The lowest BCUT2D eigenvalue weighted by Crippen LogP contribution is -2.51. The largest absolute Gasteiger partial charge is 0.0654 e. The molecule has 0 saturated carbocycles. The van der Waals surface area contributed by atoms with Gasteiger partial charge >= 0.3 is 0 Å². The van der Waals surface area contributed by atoms with Crippen LogP contribution in [-0.4, -0.2) is 10.3 Å². The Kier molecular flexibility index (Phi) is 13.9. The van der Waals surface area contributed by atoms with Crippen LogP contribution in [0.3, 0.4) is 0 Å². The van der Waals surface area contributed by atoms with Gasteiger partial charge in [0.05, 0.1) is 4.64 Å². The average Bonchev–Trinajstić information content (AvgIpc) is 3.30. The molecule has 8 aromatic carbocycles. The molecular weight excluding hydrogens is 772 g/mol. The lowest BCUT2D eigenvalue weighted by molar-refractivity contribution is 0.689. The van der Waals surface area contributed by atoms with E-state index in [1.165, 1.54) is 42.4 Å². The fourth-order valence-electron chi connectivity index (χ4n) is 8.38. The van der Waals surface area contributed by atoms with Gasteiger partial charge in [-0.1, -0.05) is 262 Å². The van der Waals surface area contributed by atoms with E-state index in [0.717, 1.165) is 19.3 Å². The summed E-state index contributed by atoms with van der Waals surface area (Å²) in [4.78, 5) is 0. The van der Waals surface area contributed by atoms with E-state index in [2.05, 4.69) is 250 Å². The molecule has 0 spiro atoms. The predicted octanol–water partition coefficient (Wildman–Crippen LogP) is 11.7. The normalized spacial score (nSPS) is 12.3. The highest BCUT2D eigenvalue weighted by atomic mass is 31.2. The average molecular weight is 823 g/mol. The minimum atomic E-state index is -1.07. The first-order valence-corrected chi connectivity index (χ1v) is 25.8. The van der Waals surface area contributed by atoms with Crippen molar-refractivity contribution < 1.29 is 0 Å². The molecule has 0 aliphatic heterocycles. The minimum Gasteiger partial charge on any atom is -0.0654 e. The van der Waals surface area contributed by atoms with Gasteiger partial charge in [0.1, 0.15) is 0 Å². The van der Waals surface area contributed by atoms with Crippen LogP contribution in [0.4, 0.5) is 0 Å². The molecule has 0 aliphatic carbocycles. The van der Waals surface area contributed by atoms with E-state index in [-0.39, 0.29) is 10.3 Å². The Balaban J connectivity index is 1.66. The third-order valence-corrected chi connectivity index (χ3v) is 25.7. The van der Waals surface area contributed by atoms with Gasteiger partial charge in [0.25, 0.3) is 0 Å². The van der Waals surface area contributed by atoms with E-state index in [1.54, 1.807) is 0 Å². The molecule has 58 heavy (non-hydrogen) atoms. The van der Waals surface area contributed by atoms with Gasteiger partial charge in [-0.15, -0.1) is 0 Å². The second kappa shape index (κ2) is 20.0. The Hall–Kier alpha value is -4.52. The van der Waals surface area contributed by atoms with Crippen LogP contribution < -0.4 is 42.4 Å². The Morgan fingerprint density at radius 2 is 0.517 bits per heavy atom. The van der Waals surface area contributed by atoms with Crippen LogP contribution in [0.2, 0.25) is 0 Å². The van der Waals surface area contributed by atoms with Crippen LogP contribution in [0.25, 0.3) is 0 Å². The maximum Gasteiger partial charge on any atom is 0.0618 e. The molecule has 0 amide bonds. The summed E-state index contributed by atoms with van der Waals surface area (Å²) in [6.07, 6.45) is 3.40. The highest BCUT2D eigenvalue weighted by molar-refractivity contribution is 8.06. The Bertz CT molecular complexity index is 2020. The van der Waals surface area contributed by atoms with Crippen molar-refractivity contribution in [1.82, 2.24) is 0 Å². The van der Waals surface area contributed by atoms with Gasteiger partial charge in [0.2, 0.25) is 0 Å². The van der Waals surface area contributed by atoms with E-state index in [4.69, 9.17) is 0 Å². The molecule has 0 heterocycles. The number of rotatable bonds is 16. The van der Waals surface area contributed by atoms with Gasteiger partial charge in [-0.05, 0) is 80.5 Å². The topological polar surface area (TPSA) is 0 Å². The molecule has 0 radical (unpaired) electrons. The molecule has 0 aliphatic rings. The predicted molar refractivity (Wildman–Crippen MR) is 262 cm³/mol. The molecule has 1 unspecified atom stereocenters.